The van der Waals surface area contributed by atoms with Gasteiger partial charge in [0.25, 0.3) is 0 Å². The number of nitrogen functional groups attached to an aromatic ring is 1. The van der Waals surface area contributed by atoms with Gasteiger partial charge in [-0.3, -0.25) is 4.79 Å². The lowest BCUT2D eigenvalue weighted by molar-refractivity contribution is 0.104. The summed E-state index contributed by atoms with van der Waals surface area (Å²) < 4.78 is 18.7. The number of H-pyrrole nitrogens is 1. The Morgan fingerprint density at radius 2 is 2.05 bits per heavy atom. The molecule has 21 heavy (non-hydrogen) atoms. The minimum absolute atomic E-state index is 0.141. The van der Waals surface area contributed by atoms with Gasteiger partial charge in [-0.05, 0) is 30.3 Å². The standard InChI is InChI=1S/C16H13FN2O2/c1-21-14-4-2-3-13-15(14)11(8-19-13)16(20)10-7-9(17)5-6-12(10)18/h2-8,19H,18H2,1H3. The van der Waals surface area contributed by atoms with Crippen molar-refractivity contribution in [2.75, 3.05) is 12.8 Å². The zero-order valence-electron chi connectivity index (χ0n) is 11.3. The molecule has 0 aliphatic rings. The van der Waals surface area contributed by atoms with Crippen molar-refractivity contribution in [3.8, 4) is 5.75 Å². The molecule has 0 atom stereocenters. The summed E-state index contributed by atoms with van der Waals surface area (Å²) in [5.74, 6) is -0.269. The molecular weight excluding hydrogens is 271 g/mol. The molecule has 0 radical (unpaired) electrons. The molecule has 3 rings (SSSR count). The summed E-state index contributed by atoms with van der Waals surface area (Å²) in [4.78, 5) is 15.7. The Morgan fingerprint density at radius 3 is 2.81 bits per heavy atom. The number of ether oxygens (including phenoxy) is 1. The summed E-state index contributed by atoms with van der Waals surface area (Å²) in [6, 6.07) is 9.18. The van der Waals surface area contributed by atoms with Gasteiger partial charge in [-0.2, -0.15) is 0 Å². The first-order chi connectivity index (χ1) is 10.1. The molecule has 0 fully saturated rings. The molecular formula is C16H13FN2O2. The van der Waals surface area contributed by atoms with Crippen LogP contribution in [0, 0.1) is 5.82 Å². The van der Waals surface area contributed by atoms with Crippen LogP contribution in [-0.2, 0) is 0 Å². The maximum absolute atomic E-state index is 13.4. The molecule has 4 nitrogen and oxygen atoms in total. The van der Waals surface area contributed by atoms with E-state index in [1.165, 1.54) is 19.2 Å². The van der Waals surface area contributed by atoms with Crippen LogP contribution in [0.1, 0.15) is 15.9 Å². The highest BCUT2D eigenvalue weighted by Gasteiger charge is 2.19. The number of methoxy groups -OCH3 is 1. The second-order valence-electron chi connectivity index (χ2n) is 4.65. The Labute approximate surface area is 120 Å². The molecule has 106 valence electrons. The molecule has 0 amide bonds. The number of hydrogen-bond acceptors (Lipinski definition) is 3. The van der Waals surface area contributed by atoms with E-state index in [1.807, 2.05) is 12.1 Å². The molecule has 3 N–H and O–H groups in total. The summed E-state index contributed by atoms with van der Waals surface area (Å²) in [7, 11) is 1.53. The molecule has 1 aromatic heterocycles. The first-order valence-corrected chi connectivity index (χ1v) is 6.35. The van der Waals surface area contributed by atoms with E-state index < -0.39 is 5.82 Å². The minimum atomic E-state index is -0.501. The fourth-order valence-corrected chi connectivity index (χ4v) is 2.37. The lowest BCUT2D eigenvalue weighted by Crippen LogP contribution is -2.05. The Kier molecular flexibility index (Phi) is 3.10. The maximum Gasteiger partial charge on any atom is 0.197 e. The third-order valence-electron chi connectivity index (χ3n) is 3.39. The van der Waals surface area contributed by atoms with E-state index in [9.17, 15) is 9.18 Å². The Balaban J connectivity index is 2.20. The summed E-state index contributed by atoms with van der Waals surface area (Å²) in [6.07, 6.45) is 1.58. The van der Waals surface area contributed by atoms with Gasteiger partial charge in [0, 0.05) is 23.0 Å². The third-order valence-corrected chi connectivity index (χ3v) is 3.39. The van der Waals surface area contributed by atoms with Crippen molar-refractivity contribution in [2.45, 2.75) is 0 Å². The lowest BCUT2D eigenvalue weighted by Gasteiger charge is -2.06. The summed E-state index contributed by atoms with van der Waals surface area (Å²) in [5, 5.41) is 0.661. The number of fused-ring (bicyclic) bond motifs is 1. The predicted molar refractivity (Wildman–Crippen MR) is 79.1 cm³/mol. The number of aromatic nitrogens is 1. The number of nitrogens with one attached hydrogen (secondary N) is 1. The van der Waals surface area contributed by atoms with Gasteiger partial charge >= 0.3 is 0 Å². The zero-order chi connectivity index (χ0) is 15.0. The average Bonchev–Trinajstić information content (AvgIpc) is 2.93. The fraction of sp³-hybridized carbons (Fsp3) is 0.0625. The topological polar surface area (TPSA) is 68.1 Å². The van der Waals surface area contributed by atoms with Crippen LogP contribution < -0.4 is 10.5 Å². The van der Waals surface area contributed by atoms with E-state index in [2.05, 4.69) is 4.98 Å². The summed E-state index contributed by atoms with van der Waals surface area (Å²) in [5.41, 5.74) is 7.34. The highest BCUT2D eigenvalue weighted by atomic mass is 19.1. The van der Waals surface area contributed by atoms with Crippen LogP contribution in [-0.4, -0.2) is 17.9 Å². The van der Waals surface area contributed by atoms with Crippen LogP contribution in [0.4, 0.5) is 10.1 Å². The molecule has 0 bridgehead atoms. The number of hydrogen-bond donors (Lipinski definition) is 2. The molecule has 5 heteroatoms. The first-order valence-electron chi connectivity index (χ1n) is 6.35. The van der Waals surface area contributed by atoms with Crippen LogP contribution in [0.25, 0.3) is 10.9 Å². The highest BCUT2D eigenvalue weighted by molar-refractivity contribution is 6.19. The van der Waals surface area contributed by atoms with Crippen LogP contribution >= 0.6 is 0 Å². The van der Waals surface area contributed by atoms with Gasteiger partial charge in [-0.15, -0.1) is 0 Å². The number of nitrogens with two attached hydrogens (primary N) is 1. The maximum atomic E-state index is 13.4. The van der Waals surface area contributed by atoms with Crippen molar-refractivity contribution in [2.24, 2.45) is 0 Å². The summed E-state index contributed by atoms with van der Waals surface area (Å²) >= 11 is 0. The van der Waals surface area contributed by atoms with Crippen molar-refractivity contribution in [1.29, 1.82) is 0 Å². The molecule has 0 saturated carbocycles. The highest BCUT2D eigenvalue weighted by Crippen LogP contribution is 2.31. The SMILES string of the molecule is COc1cccc2[nH]cc(C(=O)c3cc(F)ccc3N)c12. The Hall–Kier alpha value is -2.82. The Morgan fingerprint density at radius 1 is 1.24 bits per heavy atom. The van der Waals surface area contributed by atoms with E-state index in [1.54, 1.807) is 12.3 Å². The molecule has 2 aromatic carbocycles. The Bertz CT molecular complexity index is 839. The molecule has 0 spiro atoms. The first kappa shape index (κ1) is 13.2. The second kappa shape index (κ2) is 4.94. The molecule has 1 heterocycles. The van der Waals surface area contributed by atoms with Crippen molar-refractivity contribution >= 4 is 22.4 Å². The number of benzene rings is 2. The van der Waals surface area contributed by atoms with E-state index in [0.717, 1.165) is 11.6 Å². The molecule has 0 aliphatic heterocycles. The fourth-order valence-electron chi connectivity index (χ4n) is 2.37. The van der Waals surface area contributed by atoms with Crippen LogP contribution in [0.5, 0.6) is 5.75 Å². The van der Waals surface area contributed by atoms with Crippen molar-refractivity contribution in [3.63, 3.8) is 0 Å². The number of aromatic amines is 1. The normalized spacial score (nSPS) is 10.8. The van der Waals surface area contributed by atoms with Gasteiger partial charge in [0.15, 0.2) is 5.78 Å². The third kappa shape index (κ3) is 2.12. The smallest absolute Gasteiger partial charge is 0.197 e. The second-order valence-corrected chi connectivity index (χ2v) is 4.65. The van der Waals surface area contributed by atoms with Crippen LogP contribution in [0.3, 0.4) is 0 Å². The van der Waals surface area contributed by atoms with E-state index in [0.29, 0.717) is 16.7 Å². The van der Waals surface area contributed by atoms with Gasteiger partial charge in [0.1, 0.15) is 11.6 Å². The van der Waals surface area contributed by atoms with Gasteiger partial charge in [0.2, 0.25) is 0 Å². The van der Waals surface area contributed by atoms with Crippen LogP contribution in [0.15, 0.2) is 42.6 Å². The number of rotatable bonds is 3. The van der Waals surface area contributed by atoms with E-state index in [4.69, 9.17) is 10.5 Å². The summed E-state index contributed by atoms with van der Waals surface area (Å²) in [6.45, 7) is 0. The predicted octanol–water partition coefficient (Wildman–Crippen LogP) is 3.13. The van der Waals surface area contributed by atoms with E-state index >= 15 is 0 Å². The van der Waals surface area contributed by atoms with Gasteiger partial charge in [-0.25, -0.2) is 4.39 Å². The van der Waals surface area contributed by atoms with Crippen molar-refractivity contribution in [3.05, 3.63) is 59.5 Å². The average molecular weight is 284 g/mol. The van der Waals surface area contributed by atoms with Gasteiger partial charge in [0.05, 0.1) is 18.1 Å². The largest absolute Gasteiger partial charge is 0.496 e. The van der Waals surface area contributed by atoms with Crippen LogP contribution in [0.2, 0.25) is 0 Å². The molecule has 0 saturated heterocycles. The molecule has 0 unspecified atom stereocenters. The number of ketones is 1. The van der Waals surface area contributed by atoms with E-state index in [-0.39, 0.29) is 17.0 Å². The number of anilines is 1. The minimum Gasteiger partial charge on any atom is -0.496 e. The molecule has 0 aliphatic carbocycles. The van der Waals surface area contributed by atoms with Crippen molar-refractivity contribution in [1.82, 2.24) is 4.98 Å². The van der Waals surface area contributed by atoms with Gasteiger partial charge in [-0.1, -0.05) is 6.07 Å². The van der Waals surface area contributed by atoms with Crippen molar-refractivity contribution < 1.29 is 13.9 Å². The number of carbonyl (C=O) groups excluding carboxylic acids is 1. The number of halogens is 1. The lowest BCUT2D eigenvalue weighted by atomic mass is 10.0. The quantitative estimate of drug-likeness (QED) is 0.573. The zero-order valence-corrected chi connectivity index (χ0v) is 11.3. The number of carbonyl (C=O) groups is 1. The molecule has 3 aromatic rings. The van der Waals surface area contributed by atoms with Gasteiger partial charge < -0.3 is 15.5 Å². The monoisotopic (exact) mass is 284 g/mol.